The van der Waals surface area contributed by atoms with E-state index in [4.69, 9.17) is 21.0 Å². The van der Waals surface area contributed by atoms with Gasteiger partial charge in [0.25, 0.3) is 0 Å². The van der Waals surface area contributed by atoms with Crippen LogP contribution in [0.4, 0.5) is 0 Å². The molecule has 4 rings (SSSR count). The molecule has 4 nitrogen and oxygen atoms in total. The zero-order chi connectivity index (χ0) is 16.0. The first-order chi connectivity index (χ1) is 11.1. The Balaban J connectivity index is 1.57. The minimum absolute atomic E-state index is 0.135. The van der Waals surface area contributed by atoms with Gasteiger partial charge in [-0.2, -0.15) is 0 Å². The van der Waals surface area contributed by atoms with Crippen LogP contribution in [0.3, 0.4) is 0 Å². The van der Waals surface area contributed by atoms with Crippen molar-refractivity contribution in [2.75, 3.05) is 0 Å². The van der Waals surface area contributed by atoms with E-state index < -0.39 is 0 Å². The van der Waals surface area contributed by atoms with Gasteiger partial charge in [-0.05, 0) is 50.8 Å². The van der Waals surface area contributed by atoms with Gasteiger partial charge in [-0.15, -0.1) is 0 Å². The van der Waals surface area contributed by atoms with Gasteiger partial charge < -0.3 is 9.52 Å². The number of piperidine rings is 1. The van der Waals surface area contributed by atoms with E-state index in [0.29, 0.717) is 23.0 Å². The molecule has 2 fully saturated rings. The first kappa shape index (κ1) is 15.2. The van der Waals surface area contributed by atoms with Gasteiger partial charge in [0, 0.05) is 29.2 Å². The minimum atomic E-state index is -0.135. The van der Waals surface area contributed by atoms with E-state index in [1.54, 1.807) is 0 Å². The van der Waals surface area contributed by atoms with Crippen LogP contribution in [-0.2, 0) is 6.54 Å². The van der Waals surface area contributed by atoms with E-state index in [1.165, 1.54) is 12.8 Å². The Morgan fingerprint density at radius 2 is 2.04 bits per heavy atom. The van der Waals surface area contributed by atoms with Gasteiger partial charge in [0.15, 0.2) is 0 Å². The fraction of sp³-hybridized carbons (Fsp3) is 0.500. The summed E-state index contributed by atoms with van der Waals surface area (Å²) in [5.41, 5.74) is 1.90. The summed E-state index contributed by atoms with van der Waals surface area (Å²) in [5.74, 6) is 1.50. The fourth-order valence-electron chi connectivity index (χ4n) is 4.00. The fourth-order valence-corrected chi connectivity index (χ4v) is 4.19. The van der Waals surface area contributed by atoms with Crippen molar-refractivity contribution in [1.82, 2.24) is 9.88 Å². The highest BCUT2D eigenvalue weighted by Gasteiger charge is 2.40. The molecule has 2 aromatic rings. The van der Waals surface area contributed by atoms with Gasteiger partial charge in [0.05, 0.1) is 11.8 Å². The summed E-state index contributed by atoms with van der Waals surface area (Å²) in [5, 5.41) is 10.6. The molecule has 122 valence electrons. The van der Waals surface area contributed by atoms with Crippen molar-refractivity contribution in [3.05, 3.63) is 40.7 Å². The van der Waals surface area contributed by atoms with Crippen LogP contribution in [0.2, 0.25) is 5.02 Å². The second kappa shape index (κ2) is 5.93. The normalized spacial score (nSPS) is 27.5. The summed E-state index contributed by atoms with van der Waals surface area (Å²) in [4.78, 5) is 7.20. The maximum absolute atomic E-state index is 9.93. The number of halogens is 1. The van der Waals surface area contributed by atoms with Crippen molar-refractivity contribution in [2.45, 2.75) is 57.3 Å². The highest BCUT2D eigenvalue weighted by atomic mass is 35.5. The Kier molecular flexibility index (Phi) is 3.92. The number of hydrogen-bond donors (Lipinski definition) is 1. The summed E-state index contributed by atoms with van der Waals surface area (Å²) in [6.07, 6.45) is 3.99. The predicted octanol–water partition coefficient (Wildman–Crippen LogP) is 3.79. The van der Waals surface area contributed by atoms with Crippen LogP contribution in [0, 0.1) is 6.92 Å². The topological polar surface area (TPSA) is 49.5 Å². The van der Waals surface area contributed by atoms with Crippen LogP contribution in [0.15, 0.2) is 28.7 Å². The third-order valence-electron chi connectivity index (χ3n) is 5.16. The predicted molar refractivity (Wildman–Crippen MR) is 89.3 cm³/mol. The van der Waals surface area contributed by atoms with E-state index in [2.05, 4.69) is 4.90 Å². The van der Waals surface area contributed by atoms with Crippen molar-refractivity contribution >= 4 is 11.6 Å². The SMILES string of the molecule is Cc1oc(-c2cccc(Cl)c2)nc1CN1[C@@H]2CC[C@H]1CC(O)C2. The molecule has 0 saturated carbocycles. The Morgan fingerprint density at radius 3 is 2.74 bits per heavy atom. The maximum atomic E-state index is 9.93. The molecule has 0 radical (unpaired) electrons. The molecule has 0 spiro atoms. The lowest BCUT2D eigenvalue weighted by atomic mass is 9.99. The van der Waals surface area contributed by atoms with Crippen LogP contribution in [-0.4, -0.2) is 33.2 Å². The molecule has 2 bridgehead atoms. The van der Waals surface area contributed by atoms with E-state index >= 15 is 0 Å². The quantitative estimate of drug-likeness (QED) is 0.929. The minimum Gasteiger partial charge on any atom is -0.441 e. The smallest absolute Gasteiger partial charge is 0.226 e. The van der Waals surface area contributed by atoms with Crippen molar-refractivity contribution < 1.29 is 9.52 Å². The number of nitrogens with zero attached hydrogens (tertiary/aromatic N) is 2. The molecule has 5 heteroatoms. The van der Waals surface area contributed by atoms with E-state index in [0.717, 1.165) is 36.4 Å². The Morgan fingerprint density at radius 1 is 1.30 bits per heavy atom. The van der Waals surface area contributed by atoms with Crippen LogP contribution < -0.4 is 0 Å². The van der Waals surface area contributed by atoms with Gasteiger partial charge in [0.2, 0.25) is 5.89 Å². The zero-order valence-electron chi connectivity index (χ0n) is 13.2. The molecule has 0 amide bonds. The lowest BCUT2D eigenvalue weighted by Crippen LogP contribution is -2.44. The highest BCUT2D eigenvalue weighted by Crippen LogP contribution is 2.37. The number of benzene rings is 1. The van der Waals surface area contributed by atoms with Crippen LogP contribution in [0.5, 0.6) is 0 Å². The van der Waals surface area contributed by atoms with Gasteiger partial charge in [0.1, 0.15) is 5.76 Å². The molecule has 2 aliphatic rings. The van der Waals surface area contributed by atoms with Crippen LogP contribution in [0.1, 0.15) is 37.1 Å². The molecule has 3 heterocycles. The number of aromatic nitrogens is 1. The van der Waals surface area contributed by atoms with Crippen LogP contribution >= 0.6 is 11.6 Å². The molecule has 1 N–H and O–H groups in total. The molecule has 1 unspecified atom stereocenters. The first-order valence-corrected chi connectivity index (χ1v) is 8.64. The lowest BCUT2D eigenvalue weighted by molar-refractivity contribution is 0.0302. The summed E-state index contributed by atoms with van der Waals surface area (Å²) < 4.78 is 5.86. The molecular weight excluding hydrogens is 312 g/mol. The van der Waals surface area contributed by atoms with E-state index in [1.807, 2.05) is 31.2 Å². The second-order valence-corrected chi connectivity index (χ2v) is 7.15. The molecule has 2 aliphatic heterocycles. The lowest BCUT2D eigenvalue weighted by Gasteiger charge is -2.36. The number of fused-ring (bicyclic) bond motifs is 2. The first-order valence-electron chi connectivity index (χ1n) is 8.26. The number of aryl methyl sites for hydroxylation is 1. The Bertz CT molecular complexity index is 701. The molecular formula is C18H21ClN2O2. The monoisotopic (exact) mass is 332 g/mol. The third-order valence-corrected chi connectivity index (χ3v) is 5.39. The summed E-state index contributed by atoms with van der Waals surface area (Å²) in [6.45, 7) is 2.77. The summed E-state index contributed by atoms with van der Waals surface area (Å²) in [6, 6.07) is 8.55. The maximum Gasteiger partial charge on any atom is 0.226 e. The summed E-state index contributed by atoms with van der Waals surface area (Å²) >= 11 is 6.06. The van der Waals surface area contributed by atoms with Crippen molar-refractivity contribution in [1.29, 1.82) is 0 Å². The highest BCUT2D eigenvalue weighted by molar-refractivity contribution is 6.30. The van der Waals surface area contributed by atoms with Crippen molar-refractivity contribution in [3.8, 4) is 11.5 Å². The number of rotatable bonds is 3. The van der Waals surface area contributed by atoms with Gasteiger partial charge in [-0.3, -0.25) is 4.90 Å². The summed E-state index contributed by atoms with van der Waals surface area (Å²) in [7, 11) is 0. The van der Waals surface area contributed by atoms with E-state index in [-0.39, 0.29) is 6.10 Å². The number of oxazole rings is 1. The second-order valence-electron chi connectivity index (χ2n) is 6.71. The largest absolute Gasteiger partial charge is 0.441 e. The Labute approximate surface area is 141 Å². The van der Waals surface area contributed by atoms with E-state index in [9.17, 15) is 5.11 Å². The molecule has 2 saturated heterocycles. The number of aliphatic hydroxyl groups excluding tert-OH is 1. The Hall–Kier alpha value is -1.36. The average Bonchev–Trinajstić information content (AvgIpc) is 2.98. The molecule has 3 atom stereocenters. The third kappa shape index (κ3) is 2.91. The van der Waals surface area contributed by atoms with Gasteiger partial charge in [-0.25, -0.2) is 4.98 Å². The zero-order valence-corrected chi connectivity index (χ0v) is 14.0. The van der Waals surface area contributed by atoms with Crippen molar-refractivity contribution in [3.63, 3.8) is 0 Å². The standard InChI is InChI=1S/C18H21ClN2O2/c1-11-17(10-21-14-5-6-15(21)9-16(22)8-14)20-18(23-11)12-3-2-4-13(19)7-12/h2-4,7,14-16,22H,5-6,8-10H2,1H3/t14-,15+,16?. The van der Waals surface area contributed by atoms with Crippen LogP contribution in [0.25, 0.3) is 11.5 Å². The molecule has 0 aliphatic carbocycles. The number of hydrogen-bond acceptors (Lipinski definition) is 4. The van der Waals surface area contributed by atoms with Gasteiger partial charge in [-0.1, -0.05) is 17.7 Å². The van der Waals surface area contributed by atoms with Crippen molar-refractivity contribution in [2.24, 2.45) is 0 Å². The number of aliphatic hydroxyl groups is 1. The molecule has 1 aromatic carbocycles. The average molecular weight is 333 g/mol. The van der Waals surface area contributed by atoms with Gasteiger partial charge >= 0.3 is 0 Å². The molecule has 1 aromatic heterocycles. The molecule has 23 heavy (non-hydrogen) atoms.